The normalized spacial score (nSPS) is 9.21. The number of benzene rings is 1. The summed E-state index contributed by atoms with van der Waals surface area (Å²) < 4.78 is 5.03. The standard InChI is InChI=1S/C10H8BrNO2/c1-14-10-7(6-12)3-2-4-8(10)9(13)5-11/h2-4H,5H2,1H3. The number of methoxy groups -OCH3 is 1. The fraction of sp³-hybridized carbons (Fsp3) is 0.200. The third-order valence-corrected chi connectivity index (χ3v) is 2.27. The van der Waals surface area contributed by atoms with Crippen molar-refractivity contribution in [1.82, 2.24) is 0 Å². The van der Waals surface area contributed by atoms with Gasteiger partial charge in [0.1, 0.15) is 11.8 Å². The predicted molar refractivity (Wildman–Crippen MR) is 55.8 cm³/mol. The van der Waals surface area contributed by atoms with Gasteiger partial charge in [0.15, 0.2) is 5.78 Å². The first-order valence-electron chi connectivity index (χ1n) is 3.90. The Balaban J connectivity index is 3.31. The first-order chi connectivity index (χ1) is 6.74. The maximum atomic E-state index is 11.4. The molecule has 0 bridgehead atoms. The van der Waals surface area contributed by atoms with Crippen LogP contribution in [0, 0.1) is 11.3 Å². The highest BCUT2D eigenvalue weighted by atomic mass is 79.9. The number of nitrogens with zero attached hydrogens (tertiary/aromatic N) is 1. The molecule has 1 rings (SSSR count). The van der Waals surface area contributed by atoms with Crippen molar-refractivity contribution >= 4 is 21.7 Å². The quantitative estimate of drug-likeness (QED) is 0.613. The van der Waals surface area contributed by atoms with Gasteiger partial charge in [-0.1, -0.05) is 22.0 Å². The number of carbonyl (C=O) groups excluding carboxylic acids is 1. The first-order valence-corrected chi connectivity index (χ1v) is 5.03. The molecule has 1 aromatic carbocycles. The molecule has 0 aliphatic carbocycles. The number of rotatable bonds is 3. The van der Waals surface area contributed by atoms with Gasteiger partial charge in [-0.15, -0.1) is 0 Å². The second-order valence-electron chi connectivity index (χ2n) is 2.55. The second-order valence-corrected chi connectivity index (χ2v) is 3.12. The van der Waals surface area contributed by atoms with Crippen LogP contribution in [0.1, 0.15) is 15.9 Å². The Kier molecular flexibility index (Phi) is 3.66. The Bertz CT molecular complexity index is 396. The van der Waals surface area contributed by atoms with Gasteiger partial charge in [-0.3, -0.25) is 4.79 Å². The van der Waals surface area contributed by atoms with Crippen LogP contribution >= 0.6 is 15.9 Å². The average Bonchev–Trinajstić information content (AvgIpc) is 2.26. The van der Waals surface area contributed by atoms with Crippen LogP contribution in [-0.2, 0) is 0 Å². The zero-order valence-electron chi connectivity index (χ0n) is 7.58. The van der Waals surface area contributed by atoms with Gasteiger partial charge in [0, 0.05) is 0 Å². The van der Waals surface area contributed by atoms with E-state index in [1.165, 1.54) is 7.11 Å². The summed E-state index contributed by atoms with van der Waals surface area (Å²) in [6.07, 6.45) is 0. The van der Waals surface area contributed by atoms with Crippen LogP contribution in [0.2, 0.25) is 0 Å². The summed E-state index contributed by atoms with van der Waals surface area (Å²) in [6, 6.07) is 6.89. The minimum Gasteiger partial charge on any atom is -0.495 e. The van der Waals surface area contributed by atoms with E-state index in [1.807, 2.05) is 6.07 Å². The van der Waals surface area contributed by atoms with Crippen molar-refractivity contribution < 1.29 is 9.53 Å². The molecule has 0 aromatic heterocycles. The van der Waals surface area contributed by atoms with Gasteiger partial charge in [-0.25, -0.2) is 0 Å². The van der Waals surface area contributed by atoms with E-state index in [9.17, 15) is 4.79 Å². The Morgan fingerprint density at radius 1 is 1.64 bits per heavy atom. The lowest BCUT2D eigenvalue weighted by molar-refractivity contribution is 0.102. The molecular weight excluding hydrogens is 246 g/mol. The van der Waals surface area contributed by atoms with Crippen molar-refractivity contribution in [3.63, 3.8) is 0 Å². The van der Waals surface area contributed by atoms with E-state index in [4.69, 9.17) is 10.00 Å². The SMILES string of the molecule is COc1c(C#N)cccc1C(=O)CBr. The van der Waals surface area contributed by atoms with Crippen molar-refractivity contribution in [2.45, 2.75) is 0 Å². The number of nitriles is 1. The highest BCUT2D eigenvalue weighted by Crippen LogP contribution is 2.23. The lowest BCUT2D eigenvalue weighted by Gasteiger charge is -2.07. The van der Waals surface area contributed by atoms with E-state index in [1.54, 1.807) is 18.2 Å². The summed E-state index contributed by atoms with van der Waals surface area (Å²) in [5, 5.41) is 9.00. The third-order valence-electron chi connectivity index (χ3n) is 1.76. The molecule has 0 unspecified atom stereocenters. The van der Waals surface area contributed by atoms with Crippen LogP contribution < -0.4 is 4.74 Å². The molecule has 0 amide bonds. The molecule has 0 radical (unpaired) electrons. The van der Waals surface area contributed by atoms with Crippen molar-refractivity contribution in [2.24, 2.45) is 0 Å². The van der Waals surface area contributed by atoms with Crippen LogP contribution in [0.25, 0.3) is 0 Å². The smallest absolute Gasteiger partial charge is 0.177 e. The maximum Gasteiger partial charge on any atom is 0.177 e. The van der Waals surface area contributed by atoms with Gasteiger partial charge in [-0.2, -0.15) is 5.26 Å². The molecule has 4 heteroatoms. The molecule has 0 aliphatic heterocycles. The summed E-state index contributed by atoms with van der Waals surface area (Å²) in [7, 11) is 1.45. The number of halogens is 1. The minimum atomic E-state index is -0.0982. The zero-order valence-corrected chi connectivity index (χ0v) is 9.17. The fourth-order valence-electron chi connectivity index (χ4n) is 1.14. The molecule has 0 saturated heterocycles. The summed E-state index contributed by atoms with van der Waals surface area (Å²) in [6.45, 7) is 0. The lowest BCUT2D eigenvalue weighted by atomic mass is 10.1. The van der Waals surface area contributed by atoms with E-state index in [2.05, 4.69) is 15.9 Å². The lowest BCUT2D eigenvalue weighted by Crippen LogP contribution is -2.04. The Labute approximate surface area is 90.4 Å². The van der Waals surface area contributed by atoms with Gasteiger partial charge in [0.05, 0.1) is 23.6 Å². The monoisotopic (exact) mass is 253 g/mol. The minimum absolute atomic E-state index is 0.0982. The second kappa shape index (κ2) is 4.77. The van der Waals surface area contributed by atoms with Gasteiger partial charge < -0.3 is 4.74 Å². The summed E-state index contributed by atoms with van der Waals surface area (Å²) >= 11 is 3.07. The van der Waals surface area contributed by atoms with Crippen LogP contribution in [0.15, 0.2) is 18.2 Å². The number of hydrogen-bond acceptors (Lipinski definition) is 3. The number of para-hydroxylation sites is 1. The topological polar surface area (TPSA) is 50.1 Å². The van der Waals surface area contributed by atoms with E-state index in [0.29, 0.717) is 16.9 Å². The van der Waals surface area contributed by atoms with Crippen molar-refractivity contribution in [3.8, 4) is 11.8 Å². The van der Waals surface area contributed by atoms with Crippen molar-refractivity contribution in [1.29, 1.82) is 5.26 Å². The molecule has 0 heterocycles. The molecule has 0 atom stereocenters. The number of alkyl halides is 1. The Hall–Kier alpha value is -1.34. The van der Waals surface area contributed by atoms with E-state index >= 15 is 0 Å². The largest absolute Gasteiger partial charge is 0.495 e. The van der Waals surface area contributed by atoms with Crippen LogP contribution in [0.3, 0.4) is 0 Å². The molecule has 0 aliphatic rings. The molecule has 0 fully saturated rings. The highest BCUT2D eigenvalue weighted by Gasteiger charge is 2.13. The van der Waals surface area contributed by atoms with Gasteiger partial charge in [-0.05, 0) is 12.1 Å². The number of hydrogen-bond donors (Lipinski definition) is 0. The summed E-state index contributed by atoms with van der Waals surface area (Å²) in [5.41, 5.74) is 0.808. The van der Waals surface area contributed by atoms with Crippen LogP contribution in [0.5, 0.6) is 5.75 Å². The predicted octanol–water partition coefficient (Wildman–Crippen LogP) is 2.14. The molecule has 0 N–H and O–H groups in total. The zero-order chi connectivity index (χ0) is 10.6. The Morgan fingerprint density at radius 2 is 2.36 bits per heavy atom. The van der Waals surface area contributed by atoms with Crippen molar-refractivity contribution in [2.75, 3.05) is 12.4 Å². The van der Waals surface area contributed by atoms with Crippen LogP contribution in [-0.4, -0.2) is 18.2 Å². The van der Waals surface area contributed by atoms with Crippen LogP contribution in [0.4, 0.5) is 0 Å². The van der Waals surface area contributed by atoms with Gasteiger partial charge >= 0.3 is 0 Å². The summed E-state index contributed by atoms with van der Waals surface area (Å²) in [5.74, 6) is 0.249. The van der Waals surface area contributed by atoms with Crippen molar-refractivity contribution in [3.05, 3.63) is 29.3 Å². The average molecular weight is 254 g/mol. The highest BCUT2D eigenvalue weighted by molar-refractivity contribution is 9.09. The van der Waals surface area contributed by atoms with Gasteiger partial charge in [0.25, 0.3) is 0 Å². The first kappa shape index (κ1) is 10.7. The van der Waals surface area contributed by atoms with E-state index in [0.717, 1.165) is 0 Å². The molecule has 0 saturated carbocycles. The number of Topliss-reactive ketones (excluding diaryl/α,β-unsaturated/α-hetero) is 1. The van der Waals surface area contributed by atoms with E-state index < -0.39 is 0 Å². The summed E-state index contributed by atoms with van der Waals surface area (Å²) in [4.78, 5) is 11.4. The Morgan fingerprint density at radius 3 is 2.86 bits per heavy atom. The molecule has 72 valence electrons. The third kappa shape index (κ3) is 1.94. The molecule has 14 heavy (non-hydrogen) atoms. The number of ether oxygens (including phenoxy) is 1. The number of ketones is 1. The maximum absolute atomic E-state index is 11.4. The number of carbonyl (C=O) groups is 1. The van der Waals surface area contributed by atoms with Gasteiger partial charge in [0.2, 0.25) is 0 Å². The molecular formula is C10H8BrNO2. The fourth-order valence-corrected chi connectivity index (χ4v) is 1.44. The molecule has 0 spiro atoms. The molecule has 1 aromatic rings. The molecule has 3 nitrogen and oxygen atoms in total. The van der Waals surface area contributed by atoms with E-state index in [-0.39, 0.29) is 11.1 Å².